The van der Waals surface area contributed by atoms with Crippen LogP contribution in [0.2, 0.25) is 0 Å². The van der Waals surface area contributed by atoms with Crippen LogP contribution in [0.4, 0.5) is 17.1 Å². The topological polar surface area (TPSA) is 16.4 Å². The third-order valence-corrected chi connectivity index (χ3v) is 12.3. The molecule has 1 aliphatic rings. The Bertz CT molecular complexity index is 2750. The van der Waals surface area contributed by atoms with Gasteiger partial charge in [0.25, 0.3) is 0 Å². The number of nitrogens with zero attached hydrogens (tertiary/aromatic N) is 1. The van der Waals surface area contributed by atoms with Gasteiger partial charge in [-0.2, -0.15) is 0 Å². The Labute approximate surface area is 329 Å². The second-order valence-corrected chi connectivity index (χ2v) is 15.5. The van der Waals surface area contributed by atoms with E-state index in [1.807, 2.05) is 0 Å². The number of benzene rings is 8. The van der Waals surface area contributed by atoms with E-state index in [1.54, 1.807) is 0 Å². The van der Waals surface area contributed by atoms with Crippen molar-refractivity contribution in [1.82, 2.24) is 0 Å². The Balaban J connectivity index is 1.10. The van der Waals surface area contributed by atoms with Gasteiger partial charge in [-0.25, -0.2) is 0 Å². The van der Waals surface area contributed by atoms with E-state index < -0.39 is 0 Å². The maximum absolute atomic E-state index is 6.65. The molecule has 1 aliphatic carbocycles. The lowest BCUT2D eigenvalue weighted by Gasteiger charge is -2.37. The van der Waals surface area contributed by atoms with Crippen molar-refractivity contribution in [1.29, 1.82) is 0 Å². The fourth-order valence-corrected chi connectivity index (χ4v) is 9.47. The minimum absolute atomic E-state index is 0.0226. The van der Waals surface area contributed by atoms with Crippen molar-refractivity contribution in [3.63, 3.8) is 0 Å². The summed E-state index contributed by atoms with van der Waals surface area (Å²) in [6, 6.07) is 68.8. The summed E-state index contributed by atoms with van der Waals surface area (Å²) in [5.41, 5.74) is 12.8. The van der Waals surface area contributed by atoms with Gasteiger partial charge in [0.05, 0.1) is 0 Å². The van der Waals surface area contributed by atoms with Gasteiger partial charge in [-0.05, 0) is 99.5 Å². The average molecular weight is 724 g/mol. The quantitative estimate of drug-likeness (QED) is 0.163. The Kier molecular flexibility index (Phi) is 8.96. The maximum Gasteiger partial charge on any atom is 0.137 e. The first-order chi connectivity index (χ1) is 27.7. The Morgan fingerprint density at radius 2 is 0.964 bits per heavy atom. The van der Waals surface area contributed by atoms with Crippen LogP contribution in [-0.2, 0) is 5.41 Å². The molecule has 0 spiro atoms. The molecule has 272 valence electrons. The molecule has 2 nitrogen and oxygen atoms in total. The molecular weight excluding hydrogens is 679 g/mol. The summed E-state index contributed by atoms with van der Waals surface area (Å²) < 4.78 is 6.65. The van der Waals surface area contributed by atoms with Gasteiger partial charge in [0.1, 0.15) is 11.2 Å². The number of hydrogen-bond donors (Lipinski definition) is 0. The van der Waals surface area contributed by atoms with Crippen LogP contribution in [0.25, 0.3) is 55.0 Å². The monoisotopic (exact) mass is 723 g/mol. The Morgan fingerprint density at radius 1 is 0.393 bits per heavy atom. The van der Waals surface area contributed by atoms with Crippen LogP contribution in [0, 0.1) is 0 Å². The third-order valence-electron chi connectivity index (χ3n) is 12.3. The van der Waals surface area contributed by atoms with Crippen LogP contribution in [0.3, 0.4) is 0 Å². The zero-order valence-corrected chi connectivity index (χ0v) is 31.7. The summed E-state index contributed by atoms with van der Waals surface area (Å²) in [6.07, 6.45) is 8.86. The fourth-order valence-electron chi connectivity index (χ4n) is 9.47. The van der Waals surface area contributed by atoms with Crippen LogP contribution >= 0.6 is 0 Å². The van der Waals surface area contributed by atoms with Gasteiger partial charge in [0.15, 0.2) is 0 Å². The van der Waals surface area contributed by atoms with Gasteiger partial charge < -0.3 is 9.32 Å². The standard InChI is InChI=1S/C54H45NO/c1-2-12-36-54(37-13-3-1,42-20-8-5-9-21-42)43-28-32-45(33-29-43)55(44-30-26-41(27-31-44)48-23-14-19-39-18-10-11-22-47(39)48)46-34-35-50-52(38-46)56-51-25-15-24-49(53(50)51)40-16-6-4-7-17-40/h4-11,14-35,38H,1-3,12-13,36-37H2. The van der Waals surface area contributed by atoms with Crippen LogP contribution in [0.15, 0.2) is 192 Å². The summed E-state index contributed by atoms with van der Waals surface area (Å²) in [4.78, 5) is 2.38. The van der Waals surface area contributed by atoms with Gasteiger partial charge in [-0.1, -0.05) is 172 Å². The molecule has 1 fully saturated rings. The van der Waals surface area contributed by atoms with E-state index in [0.29, 0.717) is 0 Å². The third kappa shape index (κ3) is 6.16. The first-order valence-electron chi connectivity index (χ1n) is 20.3. The van der Waals surface area contributed by atoms with Gasteiger partial charge in [0.2, 0.25) is 0 Å². The second kappa shape index (κ2) is 14.7. The lowest BCUT2D eigenvalue weighted by Crippen LogP contribution is -2.29. The van der Waals surface area contributed by atoms with Gasteiger partial charge in [0, 0.05) is 39.3 Å². The SMILES string of the molecule is c1ccc(-c2cccc3oc4cc(N(c5ccc(-c6cccc7ccccc67)cc5)c5ccc(C6(c7ccccc7)CCCCCCC6)cc5)ccc4c23)cc1. The predicted molar refractivity (Wildman–Crippen MR) is 236 cm³/mol. The minimum Gasteiger partial charge on any atom is -0.456 e. The largest absolute Gasteiger partial charge is 0.456 e. The smallest absolute Gasteiger partial charge is 0.137 e. The Morgan fingerprint density at radius 3 is 1.73 bits per heavy atom. The zero-order valence-electron chi connectivity index (χ0n) is 31.7. The Hall–Kier alpha value is -6.38. The number of hydrogen-bond acceptors (Lipinski definition) is 2. The lowest BCUT2D eigenvalue weighted by atomic mass is 9.67. The van der Waals surface area contributed by atoms with Crippen molar-refractivity contribution < 1.29 is 4.42 Å². The normalized spacial score (nSPS) is 14.4. The summed E-state index contributed by atoms with van der Waals surface area (Å²) in [7, 11) is 0. The average Bonchev–Trinajstić information content (AvgIpc) is 3.63. The number of fused-ring (bicyclic) bond motifs is 4. The molecule has 9 aromatic rings. The molecular formula is C54H45NO. The number of furan rings is 1. The summed E-state index contributed by atoms with van der Waals surface area (Å²) in [6.45, 7) is 0. The highest BCUT2D eigenvalue weighted by Crippen LogP contribution is 2.46. The van der Waals surface area contributed by atoms with E-state index in [9.17, 15) is 0 Å². The molecule has 1 heterocycles. The first kappa shape index (κ1) is 34.1. The predicted octanol–water partition coefficient (Wildman–Crippen LogP) is 15.6. The van der Waals surface area contributed by atoms with Crippen molar-refractivity contribution >= 4 is 49.8 Å². The molecule has 2 heteroatoms. The summed E-state index contributed by atoms with van der Waals surface area (Å²) >= 11 is 0. The molecule has 0 radical (unpaired) electrons. The van der Waals surface area contributed by atoms with Crippen LogP contribution in [0.1, 0.15) is 56.1 Å². The van der Waals surface area contributed by atoms with E-state index in [1.165, 1.54) is 89.1 Å². The van der Waals surface area contributed by atoms with Crippen molar-refractivity contribution in [3.8, 4) is 22.3 Å². The molecule has 56 heavy (non-hydrogen) atoms. The molecule has 10 rings (SSSR count). The van der Waals surface area contributed by atoms with E-state index in [0.717, 1.165) is 39.0 Å². The zero-order chi connectivity index (χ0) is 37.3. The molecule has 0 atom stereocenters. The van der Waals surface area contributed by atoms with E-state index in [4.69, 9.17) is 4.42 Å². The summed E-state index contributed by atoms with van der Waals surface area (Å²) in [5.74, 6) is 0. The van der Waals surface area contributed by atoms with E-state index in [-0.39, 0.29) is 5.41 Å². The number of rotatable bonds is 7. The van der Waals surface area contributed by atoms with Gasteiger partial charge in [-0.3, -0.25) is 0 Å². The van der Waals surface area contributed by atoms with E-state index >= 15 is 0 Å². The van der Waals surface area contributed by atoms with Gasteiger partial charge >= 0.3 is 0 Å². The molecule has 0 aliphatic heterocycles. The van der Waals surface area contributed by atoms with Crippen molar-refractivity contribution in [2.24, 2.45) is 0 Å². The first-order valence-corrected chi connectivity index (χ1v) is 20.3. The highest BCUT2D eigenvalue weighted by molar-refractivity contribution is 6.13. The van der Waals surface area contributed by atoms with Gasteiger partial charge in [-0.15, -0.1) is 0 Å². The molecule has 0 amide bonds. The maximum atomic E-state index is 6.65. The highest BCUT2D eigenvalue weighted by Gasteiger charge is 2.34. The molecule has 1 saturated carbocycles. The lowest BCUT2D eigenvalue weighted by molar-refractivity contribution is 0.366. The fraction of sp³-hybridized carbons (Fsp3) is 0.148. The second-order valence-electron chi connectivity index (χ2n) is 15.5. The molecule has 1 aromatic heterocycles. The molecule has 0 saturated heterocycles. The summed E-state index contributed by atoms with van der Waals surface area (Å²) in [5, 5.41) is 4.80. The minimum atomic E-state index is 0.0226. The molecule has 0 N–H and O–H groups in total. The number of anilines is 3. The van der Waals surface area contributed by atoms with Crippen LogP contribution in [-0.4, -0.2) is 0 Å². The van der Waals surface area contributed by atoms with Crippen molar-refractivity contribution in [2.45, 2.75) is 50.4 Å². The van der Waals surface area contributed by atoms with E-state index in [2.05, 4.69) is 193 Å². The highest BCUT2D eigenvalue weighted by atomic mass is 16.3. The van der Waals surface area contributed by atoms with Crippen molar-refractivity contribution in [3.05, 3.63) is 199 Å². The molecule has 0 bridgehead atoms. The molecule has 0 unspecified atom stereocenters. The molecule has 8 aromatic carbocycles. The van der Waals surface area contributed by atoms with Crippen LogP contribution in [0.5, 0.6) is 0 Å². The van der Waals surface area contributed by atoms with Crippen molar-refractivity contribution in [2.75, 3.05) is 4.90 Å². The van der Waals surface area contributed by atoms with Crippen LogP contribution < -0.4 is 4.90 Å².